The topological polar surface area (TPSA) is 84.3 Å². The molecule has 2 amide bonds. The van der Waals surface area contributed by atoms with Gasteiger partial charge in [-0.2, -0.15) is 5.10 Å². The van der Waals surface area contributed by atoms with Crippen LogP contribution in [0.3, 0.4) is 0 Å². The molecule has 1 heterocycles. The van der Waals surface area contributed by atoms with Gasteiger partial charge in [-0.25, -0.2) is 4.68 Å². The third kappa shape index (κ3) is 4.09. The van der Waals surface area contributed by atoms with Gasteiger partial charge in [0.2, 0.25) is 5.91 Å². The summed E-state index contributed by atoms with van der Waals surface area (Å²) in [6.45, 7) is 2.23. The van der Waals surface area contributed by atoms with E-state index in [1.807, 2.05) is 25.1 Å². The summed E-state index contributed by atoms with van der Waals surface area (Å²) >= 11 is 0. The maximum absolute atomic E-state index is 13.0. The third-order valence-electron chi connectivity index (χ3n) is 4.29. The number of carbonyl (C=O) groups is 2. The fraction of sp³-hybridized carbons (Fsp3) is 0.238. The predicted octanol–water partition coefficient (Wildman–Crippen LogP) is 2.52. The zero-order valence-corrected chi connectivity index (χ0v) is 15.9. The molecule has 7 heteroatoms. The Morgan fingerprint density at radius 1 is 1.04 bits per heavy atom. The van der Waals surface area contributed by atoms with E-state index in [9.17, 15) is 14.4 Å². The number of aryl methyl sites for hydroxylation is 1. The van der Waals surface area contributed by atoms with Crippen molar-refractivity contribution in [3.8, 4) is 0 Å². The van der Waals surface area contributed by atoms with Crippen molar-refractivity contribution in [2.24, 2.45) is 0 Å². The molecular formula is C21H22N4O3. The molecule has 0 aliphatic carbocycles. The van der Waals surface area contributed by atoms with E-state index >= 15 is 0 Å². The van der Waals surface area contributed by atoms with Gasteiger partial charge in [-0.05, 0) is 24.6 Å². The monoisotopic (exact) mass is 378 g/mol. The number of nitrogens with zero attached hydrogens (tertiary/aromatic N) is 3. The number of aromatic nitrogens is 2. The largest absolute Gasteiger partial charge is 0.331 e. The Hall–Kier alpha value is -3.48. The van der Waals surface area contributed by atoms with Crippen LogP contribution in [0.15, 0.2) is 59.4 Å². The Balaban J connectivity index is 1.87. The second kappa shape index (κ2) is 8.47. The molecule has 0 bridgehead atoms. The number of carbonyl (C=O) groups excluding carboxylic acids is 2. The number of likely N-dealkylation sites (N-methyl/N-ethyl adjacent to an activating group) is 1. The Labute approximate surface area is 162 Å². The van der Waals surface area contributed by atoms with Gasteiger partial charge in [0.1, 0.15) is 0 Å². The van der Waals surface area contributed by atoms with Crippen LogP contribution in [0.2, 0.25) is 0 Å². The van der Waals surface area contributed by atoms with Gasteiger partial charge in [-0.1, -0.05) is 43.3 Å². The molecule has 1 aromatic heterocycles. The molecule has 3 aromatic rings. The smallest absolute Gasteiger partial charge is 0.275 e. The third-order valence-corrected chi connectivity index (χ3v) is 4.29. The molecule has 0 saturated carbocycles. The fourth-order valence-corrected chi connectivity index (χ4v) is 2.95. The molecule has 0 unspecified atom stereocenters. The van der Waals surface area contributed by atoms with Gasteiger partial charge < -0.3 is 10.2 Å². The van der Waals surface area contributed by atoms with E-state index in [2.05, 4.69) is 10.4 Å². The highest BCUT2D eigenvalue weighted by atomic mass is 16.2. The number of benzene rings is 2. The summed E-state index contributed by atoms with van der Waals surface area (Å²) in [5, 5.41) is 7.96. The van der Waals surface area contributed by atoms with E-state index in [-0.39, 0.29) is 23.7 Å². The molecule has 0 atom stereocenters. The number of para-hydroxylation sites is 1. The van der Waals surface area contributed by atoms with Crippen molar-refractivity contribution in [1.29, 1.82) is 0 Å². The second-order valence-electron chi connectivity index (χ2n) is 6.50. The van der Waals surface area contributed by atoms with Crippen molar-refractivity contribution in [3.63, 3.8) is 0 Å². The van der Waals surface area contributed by atoms with Crippen LogP contribution >= 0.6 is 0 Å². The molecule has 1 N–H and O–H groups in total. The molecule has 28 heavy (non-hydrogen) atoms. The first-order valence-corrected chi connectivity index (χ1v) is 9.11. The number of hydrogen-bond acceptors (Lipinski definition) is 4. The molecule has 144 valence electrons. The highest BCUT2D eigenvalue weighted by Crippen LogP contribution is 2.15. The van der Waals surface area contributed by atoms with Crippen LogP contribution in [0.25, 0.3) is 10.8 Å². The quantitative estimate of drug-likeness (QED) is 0.714. The zero-order chi connectivity index (χ0) is 20.1. The molecule has 0 saturated heterocycles. The summed E-state index contributed by atoms with van der Waals surface area (Å²) in [5.74, 6) is -0.725. The van der Waals surface area contributed by atoms with Crippen molar-refractivity contribution >= 4 is 28.3 Å². The fourth-order valence-electron chi connectivity index (χ4n) is 2.95. The molecule has 2 aromatic carbocycles. The van der Waals surface area contributed by atoms with E-state index in [4.69, 9.17) is 0 Å². The molecule has 0 radical (unpaired) electrons. The van der Waals surface area contributed by atoms with E-state index in [1.165, 1.54) is 9.58 Å². The summed E-state index contributed by atoms with van der Waals surface area (Å²) in [4.78, 5) is 39.1. The van der Waals surface area contributed by atoms with Crippen LogP contribution < -0.4 is 10.9 Å². The Morgan fingerprint density at radius 3 is 2.36 bits per heavy atom. The normalized spacial score (nSPS) is 10.6. The lowest BCUT2D eigenvalue weighted by atomic mass is 10.1. The van der Waals surface area contributed by atoms with Crippen LogP contribution in [0, 0.1) is 0 Å². The van der Waals surface area contributed by atoms with E-state index in [1.54, 1.807) is 43.4 Å². The first-order valence-electron chi connectivity index (χ1n) is 9.11. The highest BCUT2D eigenvalue weighted by molar-refractivity contribution is 6.06. The number of anilines is 1. The minimum Gasteiger partial charge on any atom is -0.331 e. The lowest BCUT2D eigenvalue weighted by Crippen LogP contribution is -2.37. The Morgan fingerprint density at radius 2 is 1.68 bits per heavy atom. The Bertz CT molecular complexity index is 1060. The standard InChI is InChI=1S/C21H22N4O3/c1-3-13-25-20(27)17-12-8-7-11-16(17)19(23-25)21(28)24(2)14-18(26)22-15-9-5-4-6-10-15/h4-12H,3,13-14H2,1-2H3,(H,22,26). The van der Waals surface area contributed by atoms with Gasteiger partial charge in [0.15, 0.2) is 5.69 Å². The zero-order valence-electron chi connectivity index (χ0n) is 15.9. The second-order valence-corrected chi connectivity index (χ2v) is 6.50. The number of amides is 2. The van der Waals surface area contributed by atoms with Crippen molar-refractivity contribution < 1.29 is 9.59 Å². The van der Waals surface area contributed by atoms with Crippen molar-refractivity contribution in [2.45, 2.75) is 19.9 Å². The van der Waals surface area contributed by atoms with E-state index < -0.39 is 5.91 Å². The molecule has 0 fully saturated rings. The van der Waals surface area contributed by atoms with Crippen molar-refractivity contribution in [2.75, 3.05) is 18.9 Å². The minimum absolute atomic E-state index is 0.128. The summed E-state index contributed by atoms with van der Waals surface area (Å²) < 4.78 is 1.31. The van der Waals surface area contributed by atoms with Crippen molar-refractivity contribution in [1.82, 2.24) is 14.7 Å². The van der Waals surface area contributed by atoms with Gasteiger partial charge in [0.25, 0.3) is 11.5 Å². The predicted molar refractivity (Wildman–Crippen MR) is 108 cm³/mol. The van der Waals surface area contributed by atoms with Gasteiger partial charge >= 0.3 is 0 Å². The first kappa shape index (κ1) is 19.3. The van der Waals surface area contributed by atoms with Crippen LogP contribution in [-0.4, -0.2) is 40.1 Å². The SMILES string of the molecule is CCCn1nc(C(=O)N(C)CC(=O)Nc2ccccc2)c2ccccc2c1=O. The number of fused-ring (bicyclic) bond motifs is 1. The van der Waals surface area contributed by atoms with Gasteiger partial charge in [0, 0.05) is 24.7 Å². The maximum Gasteiger partial charge on any atom is 0.275 e. The van der Waals surface area contributed by atoms with Crippen LogP contribution in [0.5, 0.6) is 0 Å². The average molecular weight is 378 g/mol. The summed E-state index contributed by atoms with van der Waals surface area (Å²) in [7, 11) is 1.54. The lowest BCUT2D eigenvalue weighted by molar-refractivity contribution is -0.116. The first-order chi connectivity index (χ1) is 13.5. The molecule has 0 aliphatic heterocycles. The lowest BCUT2D eigenvalue weighted by Gasteiger charge is -2.18. The van der Waals surface area contributed by atoms with E-state index in [0.717, 1.165) is 0 Å². The number of nitrogens with one attached hydrogen (secondary N) is 1. The molecule has 3 rings (SSSR count). The molecular weight excluding hydrogens is 356 g/mol. The van der Waals surface area contributed by atoms with Crippen LogP contribution in [-0.2, 0) is 11.3 Å². The number of rotatable bonds is 6. The van der Waals surface area contributed by atoms with Crippen molar-refractivity contribution in [3.05, 3.63) is 70.6 Å². The maximum atomic E-state index is 13.0. The summed E-state index contributed by atoms with van der Waals surface area (Å²) in [6.07, 6.45) is 0.716. The minimum atomic E-state index is -0.413. The van der Waals surface area contributed by atoms with Gasteiger partial charge in [0.05, 0.1) is 11.9 Å². The van der Waals surface area contributed by atoms with Crippen LogP contribution in [0.1, 0.15) is 23.8 Å². The van der Waals surface area contributed by atoms with E-state index in [0.29, 0.717) is 29.4 Å². The highest BCUT2D eigenvalue weighted by Gasteiger charge is 2.21. The van der Waals surface area contributed by atoms with Gasteiger partial charge in [-0.3, -0.25) is 14.4 Å². The molecule has 7 nitrogen and oxygen atoms in total. The Kier molecular flexibility index (Phi) is 5.84. The van der Waals surface area contributed by atoms with Gasteiger partial charge in [-0.15, -0.1) is 0 Å². The van der Waals surface area contributed by atoms with Crippen LogP contribution in [0.4, 0.5) is 5.69 Å². The molecule has 0 aliphatic rings. The summed E-state index contributed by atoms with van der Waals surface area (Å²) in [5.41, 5.74) is 0.602. The summed E-state index contributed by atoms with van der Waals surface area (Å²) in [6, 6.07) is 15.9. The molecule has 0 spiro atoms. The average Bonchev–Trinajstić information content (AvgIpc) is 2.70. The number of hydrogen-bond donors (Lipinski definition) is 1.